The van der Waals surface area contributed by atoms with Crippen molar-refractivity contribution in [3.8, 4) is 0 Å². The Morgan fingerprint density at radius 1 is 1.33 bits per heavy atom. The first-order valence-corrected chi connectivity index (χ1v) is 5.62. The van der Waals surface area contributed by atoms with Gasteiger partial charge in [-0.3, -0.25) is 0 Å². The largest absolute Gasteiger partial charge is 0.396 e. The van der Waals surface area contributed by atoms with Gasteiger partial charge in [0.05, 0.1) is 6.21 Å². The molecule has 0 radical (unpaired) electrons. The Balaban J connectivity index is 1.80. The average Bonchev–Trinajstić information content (AvgIpc) is 3.09. The Morgan fingerprint density at radius 2 is 2.07 bits per heavy atom. The van der Waals surface area contributed by atoms with Crippen LogP contribution in [0.3, 0.4) is 0 Å². The highest BCUT2D eigenvalue weighted by Gasteiger charge is 2.21. The summed E-state index contributed by atoms with van der Waals surface area (Å²) in [6.45, 7) is 2.94. The number of benzene rings is 1. The third-order valence-electron chi connectivity index (χ3n) is 2.67. The van der Waals surface area contributed by atoms with Gasteiger partial charge >= 0.3 is 0 Å². The van der Waals surface area contributed by atoms with Gasteiger partial charge in [-0.25, -0.2) is 0 Å². The number of hydrogen-bond acceptors (Lipinski definition) is 2. The lowest BCUT2D eigenvalue weighted by atomic mass is 10.1. The molecule has 1 aromatic carbocycles. The smallest absolute Gasteiger partial charge is 0.120 e. The van der Waals surface area contributed by atoms with E-state index < -0.39 is 0 Å². The van der Waals surface area contributed by atoms with Crippen molar-refractivity contribution in [1.29, 1.82) is 0 Å². The van der Waals surface area contributed by atoms with Gasteiger partial charge in [-0.1, -0.05) is 36.3 Å². The first kappa shape index (κ1) is 10.2. The molecule has 0 saturated heterocycles. The predicted octanol–water partition coefficient (Wildman–Crippen LogP) is 3.01. The third-order valence-corrected chi connectivity index (χ3v) is 2.67. The molecule has 0 N–H and O–H groups in total. The van der Waals surface area contributed by atoms with Gasteiger partial charge in [-0.2, -0.15) is 0 Å². The Labute approximate surface area is 90.9 Å². The van der Waals surface area contributed by atoms with Crippen LogP contribution >= 0.6 is 0 Å². The second kappa shape index (κ2) is 4.96. The van der Waals surface area contributed by atoms with Crippen LogP contribution in [-0.2, 0) is 11.3 Å². The molecule has 0 atom stereocenters. The van der Waals surface area contributed by atoms with E-state index in [1.54, 1.807) is 6.21 Å². The molecule has 0 unspecified atom stereocenters. The first-order valence-electron chi connectivity index (χ1n) is 5.62. The molecule has 1 fully saturated rings. The maximum atomic E-state index is 5.19. The summed E-state index contributed by atoms with van der Waals surface area (Å²) in [4.78, 5) is 5.19. The van der Waals surface area contributed by atoms with Gasteiger partial charge in [0.2, 0.25) is 0 Å². The number of oxime groups is 1. The average molecular weight is 203 g/mol. The number of rotatable bonds is 5. The summed E-state index contributed by atoms with van der Waals surface area (Å²) in [6, 6.07) is 8.40. The minimum absolute atomic E-state index is 0.768. The number of aryl methyl sites for hydroxylation is 1. The standard InChI is InChI=1S/C13H17NO/c1-2-11-3-5-12(6-4-11)9-14-15-10-13-7-8-13/h3-6,9,13H,2,7-8,10H2,1H3/b14-9+. The van der Waals surface area contributed by atoms with Crippen molar-refractivity contribution in [3.05, 3.63) is 35.4 Å². The second-order valence-corrected chi connectivity index (χ2v) is 4.07. The van der Waals surface area contributed by atoms with E-state index in [4.69, 9.17) is 4.84 Å². The molecule has 1 aliphatic carbocycles. The summed E-state index contributed by atoms with van der Waals surface area (Å²) in [5.74, 6) is 0.768. The highest BCUT2D eigenvalue weighted by molar-refractivity contribution is 5.79. The summed E-state index contributed by atoms with van der Waals surface area (Å²) >= 11 is 0. The summed E-state index contributed by atoms with van der Waals surface area (Å²) in [5.41, 5.74) is 2.45. The van der Waals surface area contributed by atoms with Crippen molar-refractivity contribution in [3.63, 3.8) is 0 Å². The van der Waals surface area contributed by atoms with Crippen LogP contribution in [0.15, 0.2) is 29.4 Å². The van der Waals surface area contributed by atoms with Gasteiger partial charge in [0.1, 0.15) is 6.61 Å². The Bertz CT molecular complexity index is 325. The lowest BCUT2D eigenvalue weighted by molar-refractivity contribution is 0.135. The molecule has 0 aliphatic heterocycles. The van der Waals surface area contributed by atoms with Crippen molar-refractivity contribution in [2.75, 3.05) is 6.61 Å². The van der Waals surface area contributed by atoms with Gasteiger partial charge in [-0.15, -0.1) is 0 Å². The minimum Gasteiger partial charge on any atom is -0.396 e. The summed E-state index contributed by atoms with van der Waals surface area (Å²) < 4.78 is 0. The predicted molar refractivity (Wildman–Crippen MR) is 62.1 cm³/mol. The van der Waals surface area contributed by atoms with Gasteiger partial charge in [0, 0.05) is 0 Å². The zero-order valence-corrected chi connectivity index (χ0v) is 9.15. The van der Waals surface area contributed by atoms with Crippen LogP contribution in [0, 0.1) is 5.92 Å². The second-order valence-electron chi connectivity index (χ2n) is 4.07. The third kappa shape index (κ3) is 3.39. The van der Waals surface area contributed by atoms with Crippen molar-refractivity contribution in [1.82, 2.24) is 0 Å². The number of nitrogens with zero attached hydrogens (tertiary/aromatic N) is 1. The Morgan fingerprint density at radius 3 is 2.67 bits per heavy atom. The molecule has 1 saturated carbocycles. The molecule has 0 spiro atoms. The highest BCUT2D eigenvalue weighted by Crippen LogP contribution is 2.28. The fourth-order valence-corrected chi connectivity index (χ4v) is 1.37. The van der Waals surface area contributed by atoms with E-state index in [9.17, 15) is 0 Å². The molecular formula is C13H17NO. The highest BCUT2D eigenvalue weighted by atomic mass is 16.6. The van der Waals surface area contributed by atoms with Gasteiger partial charge in [0.25, 0.3) is 0 Å². The fourth-order valence-electron chi connectivity index (χ4n) is 1.37. The molecule has 2 rings (SSSR count). The molecule has 1 aliphatic rings. The van der Waals surface area contributed by atoms with Crippen LogP contribution in [0.1, 0.15) is 30.9 Å². The van der Waals surface area contributed by atoms with Crippen molar-refractivity contribution in [2.45, 2.75) is 26.2 Å². The van der Waals surface area contributed by atoms with Crippen LogP contribution in [0.5, 0.6) is 0 Å². The van der Waals surface area contributed by atoms with Crippen LogP contribution in [0.4, 0.5) is 0 Å². The van der Waals surface area contributed by atoms with Crippen LogP contribution < -0.4 is 0 Å². The molecule has 0 bridgehead atoms. The maximum Gasteiger partial charge on any atom is 0.120 e. The number of hydrogen-bond donors (Lipinski definition) is 0. The van der Waals surface area contributed by atoms with E-state index in [-0.39, 0.29) is 0 Å². The zero-order valence-electron chi connectivity index (χ0n) is 9.15. The van der Waals surface area contributed by atoms with Crippen LogP contribution in [0.25, 0.3) is 0 Å². The summed E-state index contributed by atoms with van der Waals surface area (Å²) in [7, 11) is 0. The molecule has 80 valence electrons. The van der Waals surface area contributed by atoms with E-state index in [2.05, 4.69) is 36.3 Å². The normalized spacial score (nSPS) is 15.8. The maximum absolute atomic E-state index is 5.19. The molecule has 0 amide bonds. The van der Waals surface area contributed by atoms with Gasteiger partial charge < -0.3 is 4.84 Å². The lowest BCUT2D eigenvalue weighted by Crippen LogP contribution is -1.90. The molecule has 0 aromatic heterocycles. The van der Waals surface area contributed by atoms with Crippen LogP contribution in [-0.4, -0.2) is 12.8 Å². The molecule has 0 heterocycles. The fraction of sp³-hybridized carbons (Fsp3) is 0.462. The first-order chi connectivity index (χ1) is 7.38. The van der Waals surface area contributed by atoms with Gasteiger partial charge in [-0.05, 0) is 36.3 Å². The van der Waals surface area contributed by atoms with Crippen molar-refractivity contribution >= 4 is 6.21 Å². The summed E-state index contributed by atoms with van der Waals surface area (Å²) in [5, 5.41) is 3.95. The monoisotopic (exact) mass is 203 g/mol. The molecule has 1 aromatic rings. The summed E-state index contributed by atoms with van der Waals surface area (Å²) in [6.07, 6.45) is 5.47. The molecule has 2 heteroatoms. The van der Waals surface area contributed by atoms with Crippen molar-refractivity contribution < 1.29 is 4.84 Å². The molecule has 2 nitrogen and oxygen atoms in total. The SMILES string of the molecule is CCc1ccc(/C=N/OCC2CC2)cc1. The molecular weight excluding hydrogens is 186 g/mol. The van der Waals surface area contributed by atoms with E-state index in [1.165, 1.54) is 18.4 Å². The van der Waals surface area contributed by atoms with E-state index >= 15 is 0 Å². The van der Waals surface area contributed by atoms with E-state index in [0.717, 1.165) is 24.5 Å². The quantitative estimate of drug-likeness (QED) is 0.532. The Hall–Kier alpha value is -1.31. The zero-order chi connectivity index (χ0) is 10.5. The molecule has 15 heavy (non-hydrogen) atoms. The van der Waals surface area contributed by atoms with Crippen LogP contribution in [0.2, 0.25) is 0 Å². The topological polar surface area (TPSA) is 21.6 Å². The minimum atomic E-state index is 0.768. The van der Waals surface area contributed by atoms with Crippen molar-refractivity contribution in [2.24, 2.45) is 11.1 Å². The van der Waals surface area contributed by atoms with Gasteiger partial charge in [0.15, 0.2) is 0 Å². The van der Waals surface area contributed by atoms with E-state index in [0.29, 0.717) is 0 Å². The van der Waals surface area contributed by atoms with E-state index in [1.807, 2.05) is 0 Å². The Kier molecular flexibility index (Phi) is 3.38. The lowest BCUT2D eigenvalue weighted by Gasteiger charge is -1.97.